The van der Waals surface area contributed by atoms with Crippen molar-refractivity contribution in [1.82, 2.24) is 0 Å². The number of halogens is 1. The molecule has 0 saturated heterocycles. The molecule has 31 heavy (non-hydrogen) atoms. The zero-order valence-corrected chi connectivity index (χ0v) is 16.9. The smallest absolute Gasteiger partial charge is 0.282 e. The van der Waals surface area contributed by atoms with Gasteiger partial charge in [0.25, 0.3) is 11.8 Å². The van der Waals surface area contributed by atoms with E-state index in [1.165, 1.54) is 25.3 Å². The fraction of sp³-hybridized carbons (Fsp3) is 0.0833. The summed E-state index contributed by atoms with van der Waals surface area (Å²) in [6.07, 6.45) is 0. The lowest BCUT2D eigenvalue weighted by molar-refractivity contribution is -0.120. The Morgan fingerprint density at radius 1 is 0.806 bits per heavy atom. The molecule has 0 radical (unpaired) electrons. The molecule has 1 heterocycles. The number of anilines is 2. The molecule has 156 valence electrons. The normalized spacial score (nSPS) is 13.6. The van der Waals surface area contributed by atoms with E-state index in [4.69, 9.17) is 9.47 Å². The Hall–Kier alpha value is -4.13. The van der Waals surface area contributed by atoms with E-state index in [1.807, 2.05) is 0 Å². The highest BCUT2D eigenvalue weighted by molar-refractivity contribution is 6.46. The molecule has 6 nitrogen and oxygen atoms in total. The molecule has 2 amide bonds. The molecule has 0 aliphatic carbocycles. The molecule has 7 heteroatoms. The molecule has 1 aliphatic rings. The van der Waals surface area contributed by atoms with Crippen LogP contribution in [0, 0.1) is 5.82 Å². The van der Waals surface area contributed by atoms with Crippen LogP contribution in [0.1, 0.15) is 5.56 Å². The summed E-state index contributed by atoms with van der Waals surface area (Å²) in [7, 11) is 3.03. The lowest BCUT2D eigenvalue weighted by Gasteiger charge is -2.16. The molecular formula is C24H19FN2O4. The third kappa shape index (κ3) is 3.61. The van der Waals surface area contributed by atoms with Crippen molar-refractivity contribution in [1.29, 1.82) is 0 Å². The zero-order valence-electron chi connectivity index (χ0n) is 16.9. The molecular weight excluding hydrogens is 399 g/mol. The number of rotatable bonds is 6. The van der Waals surface area contributed by atoms with Crippen LogP contribution in [0.25, 0.3) is 5.57 Å². The van der Waals surface area contributed by atoms with Crippen LogP contribution >= 0.6 is 0 Å². The minimum Gasteiger partial charge on any atom is -0.497 e. The van der Waals surface area contributed by atoms with Crippen LogP contribution in [-0.4, -0.2) is 26.0 Å². The van der Waals surface area contributed by atoms with Gasteiger partial charge in [0.2, 0.25) is 0 Å². The molecule has 4 rings (SSSR count). The van der Waals surface area contributed by atoms with Crippen molar-refractivity contribution < 1.29 is 23.5 Å². The van der Waals surface area contributed by atoms with Crippen molar-refractivity contribution in [2.75, 3.05) is 24.4 Å². The predicted molar refractivity (Wildman–Crippen MR) is 115 cm³/mol. The van der Waals surface area contributed by atoms with Gasteiger partial charge in [-0.1, -0.05) is 30.3 Å². The lowest BCUT2D eigenvalue weighted by atomic mass is 10.0. The van der Waals surface area contributed by atoms with Crippen LogP contribution < -0.4 is 19.7 Å². The van der Waals surface area contributed by atoms with Crippen molar-refractivity contribution in [2.45, 2.75) is 0 Å². The van der Waals surface area contributed by atoms with Gasteiger partial charge in [-0.3, -0.25) is 9.59 Å². The molecule has 1 N–H and O–H groups in total. The predicted octanol–water partition coefficient (Wildman–Crippen LogP) is 4.24. The highest BCUT2D eigenvalue weighted by Gasteiger charge is 2.42. The maximum atomic E-state index is 14.5. The average Bonchev–Trinajstić information content (AvgIpc) is 3.04. The van der Waals surface area contributed by atoms with Gasteiger partial charge in [-0.25, -0.2) is 9.29 Å². The van der Waals surface area contributed by atoms with Gasteiger partial charge in [0, 0.05) is 11.3 Å². The minimum absolute atomic E-state index is 0.0305. The number of para-hydroxylation sites is 2. The number of ether oxygens (including phenoxy) is 2. The van der Waals surface area contributed by atoms with Gasteiger partial charge in [-0.2, -0.15) is 0 Å². The molecule has 0 bridgehead atoms. The molecule has 0 spiro atoms. The summed E-state index contributed by atoms with van der Waals surface area (Å²) in [6, 6.07) is 19.4. The highest BCUT2D eigenvalue weighted by Crippen LogP contribution is 2.38. The molecule has 0 unspecified atom stereocenters. The number of amides is 2. The van der Waals surface area contributed by atoms with Crippen molar-refractivity contribution in [3.05, 3.63) is 89.9 Å². The van der Waals surface area contributed by atoms with E-state index in [0.29, 0.717) is 22.7 Å². The van der Waals surface area contributed by atoms with Crippen molar-refractivity contribution >= 4 is 28.8 Å². The van der Waals surface area contributed by atoms with Gasteiger partial charge in [-0.15, -0.1) is 0 Å². The second-order valence-corrected chi connectivity index (χ2v) is 6.70. The van der Waals surface area contributed by atoms with Crippen LogP contribution in [0.15, 0.2) is 78.5 Å². The van der Waals surface area contributed by atoms with Crippen molar-refractivity contribution in [3.8, 4) is 11.5 Å². The van der Waals surface area contributed by atoms with E-state index in [1.54, 1.807) is 61.7 Å². The first kappa shape index (κ1) is 20.2. The maximum absolute atomic E-state index is 14.5. The number of methoxy groups -OCH3 is 2. The lowest BCUT2D eigenvalue weighted by Crippen LogP contribution is -2.33. The first-order valence-electron chi connectivity index (χ1n) is 9.47. The number of imide groups is 1. The summed E-state index contributed by atoms with van der Waals surface area (Å²) >= 11 is 0. The molecule has 0 atom stereocenters. The Morgan fingerprint density at radius 2 is 1.48 bits per heavy atom. The third-order valence-corrected chi connectivity index (χ3v) is 4.91. The quantitative estimate of drug-likeness (QED) is 0.607. The molecule has 0 aromatic heterocycles. The molecule has 0 saturated carbocycles. The van der Waals surface area contributed by atoms with Crippen LogP contribution in [0.2, 0.25) is 0 Å². The summed E-state index contributed by atoms with van der Waals surface area (Å²) in [5, 5.41) is 3.03. The van der Waals surface area contributed by atoms with Crippen molar-refractivity contribution in [2.24, 2.45) is 0 Å². The zero-order chi connectivity index (χ0) is 22.0. The van der Waals surface area contributed by atoms with Crippen molar-refractivity contribution in [3.63, 3.8) is 0 Å². The van der Waals surface area contributed by atoms with Crippen LogP contribution in [0.4, 0.5) is 15.8 Å². The minimum atomic E-state index is -0.672. The van der Waals surface area contributed by atoms with E-state index in [-0.39, 0.29) is 17.0 Å². The Kier molecular flexibility index (Phi) is 5.41. The number of nitrogens with one attached hydrogen (secondary N) is 1. The number of carbonyl (C=O) groups is 2. The summed E-state index contributed by atoms with van der Waals surface area (Å²) in [4.78, 5) is 27.6. The second kappa shape index (κ2) is 8.31. The summed E-state index contributed by atoms with van der Waals surface area (Å²) in [5.74, 6) is -0.911. The SMILES string of the molecule is COc1ccc(NC2=C(c3ccccc3OC)C(=O)N(c3ccccc3F)C2=O)cc1. The van der Waals surface area contributed by atoms with E-state index < -0.39 is 17.6 Å². The van der Waals surface area contributed by atoms with Crippen LogP contribution in [0.5, 0.6) is 11.5 Å². The molecule has 3 aromatic carbocycles. The standard InChI is InChI=1S/C24H19FN2O4/c1-30-16-13-11-15(12-14-16)26-22-21(17-7-3-6-10-20(17)31-2)23(28)27(24(22)29)19-9-5-4-8-18(19)25/h3-14,26H,1-2H3. The van der Waals surface area contributed by atoms with Gasteiger partial charge in [0.05, 0.1) is 25.5 Å². The number of hydrogen-bond acceptors (Lipinski definition) is 5. The van der Waals surface area contributed by atoms with Crippen LogP contribution in [0.3, 0.4) is 0 Å². The molecule has 0 fully saturated rings. The van der Waals surface area contributed by atoms with E-state index in [9.17, 15) is 14.0 Å². The maximum Gasteiger partial charge on any atom is 0.282 e. The highest BCUT2D eigenvalue weighted by atomic mass is 19.1. The Morgan fingerprint density at radius 3 is 2.16 bits per heavy atom. The average molecular weight is 418 g/mol. The Bertz CT molecular complexity index is 1190. The van der Waals surface area contributed by atoms with E-state index in [2.05, 4.69) is 5.32 Å². The monoisotopic (exact) mass is 418 g/mol. The van der Waals surface area contributed by atoms with Crippen LogP contribution in [-0.2, 0) is 9.59 Å². The van der Waals surface area contributed by atoms with E-state index >= 15 is 0 Å². The van der Waals surface area contributed by atoms with Gasteiger partial charge >= 0.3 is 0 Å². The first-order valence-corrected chi connectivity index (χ1v) is 9.47. The number of benzene rings is 3. The third-order valence-electron chi connectivity index (χ3n) is 4.91. The fourth-order valence-corrected chi connectivity index (χ4v) is 3.42. The first-order chi connectivity index (χ1) is 15.0. The van der Waals surface area contributed by atoms with E-state index in [0.717, 1.165) is 4.90 Å². The largest absolute Gasteiger partial charge is 0.497 e. The molecule has 3 aromatic rings. The summed E-state index contributed by atoms with van der Waals surface area (Å²) in [5.41, 5.74) is 1.01. The topological polar surface area (TPSA) is 67.9 Å². The number of hydrogen-bond donors (Lipinski definition) is 1. The Balaban J connectivity index is 1.85. The Labute approximate surface area is 178 Å². The fourth-order valence-electron chi connectivity index (χ4n) is 3.42. The molecule has 1 aliphatic heterocycles. The summed E-state index contributed by atoms with van der Waals surface area (Å²) in [6.45, 7) is 0. The second-order valence-electron chi connectivity index (χ2n) is 6.70. The summed E-state index contributed by atoms with van der Waals surface area (Å²) < 4.78 is 25.0. The number of nitrogens with zero attached hydrogens (tertiary/aromatic N) is 1. The van der Waals surface area contributed by atoms with Gasteiger partial charge in [0.15, 0.2) is 0 Å². The van der Waals surface area contributed by atoms with Gasteiger partial charge in [0.1, 0.15) is 23.0 Å². The number of carbonyl (C=O) groups excluding carboxylic acids is 2. The van der Waals surface area contributed by atoms with Gasteiger partial charge in [-0.05, 0) is 42.5 Å². The van der Waals surface area contributed by atoms with Gasteiger partial charge < -0.3 is 14.8 Å².